The zero-order valence-electron chi connectivity index (χ0n) is 10.9. The highest BCUT2D eigenvalue weighted by atomic mass is 35.5. The fraction of sp³-hybridized carbons (Fsp3) is 0.0625. The van der Waals surface area contributed by atoms with Crippen molar-refractivity contribution >= 4 is 23.2 Å². The highest BCUT2D eigenvalue weighted by molar-refractivity contribution is 6.33. The van der Waals surface area contributed by atoms with E-state index < -0.39 is 11.8 Å². The maximum atomic E-state index is 12.2. The van der Waals surface area contributed by atoms with Crippen LogP contribution in [0.3, 0.4) is 0 Å². The number of anilines is 1. The number of hydrogen-bond donors (Lipinski definition) is 1. The van der Waals surface area contributed by atoms with Crippen LogP contribution in [-0.2, 0) is 4.79 Å². The minimum absolute atomic E-state index is 0.257. The Morgan fingerprint density at radius 2 is 1.86 bits per heavy atom. The Morgan fingerprint density at radius 1 is 1.14 bits per heavy atom. The van der Waals surface area contributed by atoms with Crippen LogP contribution in [0.15, 0.2) is 48.5 Å². The van der Waals surface area contributed by atoms with Gasteiger partial charge in [-0.3, -0.25) is 4.79 Å². The fourth-order valence-corrected chi connectivity index (χ4v) is 2.05. The normalized spacial score (nSPS) is 11.0. The molecule has 5 heteroatoms. The predicted octanol–water partition coefficient (Wildman–Crippen LogP) is 3.46. The average molecular weight is 296 g/mol. The summed E-state index contributed by atoms with van der Waals surface area (Å²) >= 11 is 6.00. The van der Waals surface area contributed by atoms with Crippen LogP contribution < -0.4 is 5.32 Å². The van der Waals surface area contributed by atoms with Crippen LogP contribution in [0.4, 0.5) is 5.69 Å². The SMILES string of the molecule is N#Cc1ccc(NC(=O)C(C#N)c2ccccc2)c(Cl)c1. The molecule has 1 unspecified atom stereocenters. The summed E-state index contributed by atoms with van der Waals surface area (Å²) in [4.78, 5) is 12.2. The van der Waals surface area contributed by atoms with E-state index in [1.54, 1.807) is 30.3 Å². The number of benzene rings is 2. The van der Waals surface area contributed by atoms with E-state index in [0.717, 1.165) is 0 Å². The van der Waals surface area contributed by atoms with Crippen LogP contribution in [0.25, 0.3) is 0 Å². The summed E-state index contributed by atoms with van der Waals surface area (Å²) in [6.07, 6.45) is 0. The number of carbonyl (C=O) groups excluding carboxylic acids is 1. The Labute approximate surface area is 127 Å². The zero-order chi connectivity index (χ0) is 15.2. The third-order valence-corrected chi connectivity index (χ3v) is 3.19. The standard InChI is InChI=1S/C16H10ClN3O/c17-14-8-11(9-18)6-7-15(14)20-16(21)13(10-19)12-4-2-1-3-5-12/h1-8,13H,(H,20,21). The number of halogens is 1. The van der Waals surface area contributed by atoms with Crippen molar-refractivity contribution in [3.8, 4) is 12.1 Å². The minimum atomic E-state index is -0.919. The van der Waals surface area contributed by atoms with Crippen molar-refractivity contribution in [2.24, 2.45) is 0 Å². The Balaban J connectivity index is 2.22. The number of rotatable bonds is 3. The van der Waals surface area contributed by atoms with E-state index >= 15 is 0 Å². The average Bonchev–Trinajstić information content (AvgIpc) is 2.51. The molecule has 102 valence electrons. The first-order valence-electron chi connectivity index (χ1n) is 6.11. The molecule has 0 aliphatic rings. The number of nitrogens with zero attached hydrogens (tertiary/aromatic N) is 2. The van der Waals surface area contributed by atoms with Gasteiger partial charge < -0.3 is 5.32 Å². The van der Waals surface area contributed by atoms with Gasteiger partial charge in [0.05, 0.1) is 28.4 Å². The molecular formula is C16H10ClN3O. The molecule has 0 heterocycles. The van der Waals surface area contributed by atoms with Crippen LogP contribution in [0.2, 0.25) is 5.02 Å². The van der Waals surface area contributed by atoms with Gasteiger partial charge in [0.15, 0.2) is 5.92 Å². The molecule has 2 rings (SSSR count). The molecule has 0 saturated carbocycles. The molecule has 2 aromatic carbocycles. The van der Waals surface area contributed by atoms with Crippen molar-refractivity contribution < 1.29 is 4.79 Å². The maximum Gasteiger partial charge on any atom is 0.246 e. The summed E-state index contributed by atoms with van der Waals surface area (Å²) in [5.41, 5.74) is 1.39. The second kappa shape index (κ2) is 6.56. The van der Waals surface area contributed by atoms with Crippen LogP contribution in [0.1, 0.15) is 17.0 Å². The van der Waals surface area contributed by atoms with Gasteiger partial charge in [-0.2, -0.15) is 10.5 Å². The van der Waals surface area contributed by atoms with E-state index in [4.69, 9.17) is 16.9 Å². The van der Waals surface area contributed by atoms with E-state index in [2.05, 4.69) is 5.32 Å². The lowest BCUT2D eigenvalue weighted by Gasteiger charge is -2.11. The molecule has 0 aliphatic heterocycles. The van der Waals surface area contributed by atoms with E-state index in [1.165, 1.54) is 12.1 Å². The number of hydrogen-bond acceptors (Lipinski definition) is 3. The number of nitrogens with one attached hydrogen (secondary N) is 1. The van der Waals surface area contributed by atoms with Crippen molar-refractivity contribution in [3.63, 3.8) is 0 Å². The molecule has 4 nitrogen and oxygen atoms in total. The molecule has 0 saturated heterocycles. The van der Waals surface area contributed by atoms with Gasteiger partial charge in [-0.15, -0.1) is 0 Å². The second-order valence-electron chi connectivity index (χ2n) is 4.27. The Kier molecular flexibility index (Phi) is 4.56. The summed E-state index contributed by atoms with van der Waals surface area (Å²) < 4.78 is 0. The molecular weight excluding hydrogens is 286 g/mol. The van der Waals surface area contributed by atoms with Gasteiger partial charge in [-0.1, -0.05) is 41.9 Å². The third-order valence-electron chi connectivity index (χ3n) is 2.88. The van der Waals surface area contributed by atoms with Gasteiger partial charge in [-0.05, 0) is 23.8 Å². The summed E-state index contributed by atoms with van der Waals surface area (Å²) in [6.45, 7) is 0. The van der Waals surface area contributed by atoms with E-state index in [0.29, 0.717) is 16.8 Å². The summed E-state index contributed by atoms with van der Waals surface area (Å²) in [7, 11) is 0. The molecule has 0 spiro atoms. The van der Waals surface area contributed by atoms with E-state index in [-0.39, 0.29) is 5.02 Å². The first-order chi connectivity index (χ1) is 10.2. The van der Waals surface area contributed by atoms with Gasteiger partial charge >= 0.3 is 0 Å². The Hall–Kier alpha value is -2.82. The molecule has 1 atom stereocenters. The molecule has 2 aromatic rings. The first kappa shape index (κ1) is 14.6. The van der Waals surface area contributed by atoms with Crippen LogP contribution in [-0.4, -0.2) is 5.91 Å². The molecule has 1 amide bonds. The minimum Gasteiger partial charge on any atom is -0.323 e. The van der Waals surface area contributed by atoms with E-state index in [1.807, 2.05) is 18.2 Å². The maximum absolute atomic E-state index is 12.2. The predicted molar refractivity (Wildman–Crippen MR) is 79.6 cm³/mol. The van der Waals surface area contributed by atoms with Crippen LogP contribution in [0, 0.1) is 22.7 Å². The molecule has 0 aliphatic carbocycles. The van der Waals surface area contributed by atoms with Crippen molar-refractivity contribution in [2.45, 2.75) is 5.92 Å². The second-order valence-corrected chi connectivity index (χ2v) is 4.68. The molecule has 0 fully saturated rings. The monoisotopic (exact) mass is 295 g/mol. The van der Waals surface area contributed by atoms with Crippen LogP contribution in [0.5, 0.6) is 0 Å². The summed E-state index contributed by atoms with van der Waals surface area (Å²) in [6, 6.07) is 17.3. The first-order valence-corrected chi connectivity index (χ1v) is 6.48. The van der Waals surface area contributed by atoms with Crippen LogP contribution >= 0.6 is 11.6 Å². The summed E-state index contributed by atoms with van der Waals surface area (Å²) in [5, 5.41) is 20.8. The highest BCUT2D eigenvalue weighted by Gasteiger charge is 2.20. The van der Waals surface area contributed by atoms with Crippen molar-refractivity contribution in [2.75, 3.05) is 5.32 Å². The lowest BCUT2D eigenvalue weighted by atomic mass is 10.00. The molecule has 21 heavy (non-hydrogen) atoms. The largest absolute Gasteiger partial charge is 0.323 e. The lowest BCUT2D eigenvalue weighted by molar-refractivity contribution is -0.116. The molecule has 0 aromatic heterocycles. The Bertz CT molecular complexity index is 744. The Morgan fingerprint density at radius 3 is 2.43 bits per heavy atom. The summed E-state index contributed by atoms with van der Waals surface area (Å²) in [5.74, 6) is -1.38. The topological polar surface area (TPSA) is 76.7 Å². The van der Waals surface area contributed by atoms with Crippen molar-refractivity contribution in [1.82, 2.24) is 0 Å². The molecule has 0 radical (unpaired) electrons. The van der Waals surface area contributed by atoms with Crippen molar-refractivity contribution in [3.05, 3.63) is 64.7 Å². The van der Waals surface area contributed by atoms with Gasteiger partial charge in [0.25, 0.3) is 0 Å². The molecule has 1 N–H and O–H groups in total. The fourth-order valence-electron chi connectivity index (χ4n) is 1.82. The number of carbonyl (C=O) groups is 1. The number of amides is 1. The lowest BCUT2D eigenvalue weighted by Crippen LogP contribution is -2.20. The quantitative estimate of drug-likeness (QED) is 0.942. The van der Waals surface area contributed by atoms with Gasteiger partial charge in [0.1, 0.15) is 0 Å². The zero-order valence-corrected chi connectivity index (χ0v) is 11.6. The van der Waals surface area contributed by atoms with Gasteiger partial charge in [0, 0.05) is 0 Å². The number of nitriles is 2. The smallest absolute Gasteiger partial charge is 0.246 e. The van der Waals surface area contributed by atoms with Gasteiger partial charge in [0.2, 0.25) is 5.91 Å². The third kappa shape index (κ3) is 3.39. The van der Waals surface area contributed by atoms with Gasteiger partial charge in [-0.25, -0.2) is 0 Å². The van der Waals surface area contributed by atoms with Crippen molar-refractivity contribution in [1.29, 1.82) is 10.5 Å². The van der Waals surface area contributed by atoms with E-state index in [9.17, 15) is 10.1 Å². The molecule has 0 bridgehead atoms. The highest BCUT2D eigenvalue weighted by Crippen LogP contribution is 2.25.